The topological polar surface area (TPSA) is 151 Å². The van der Waals surface area contributed by atoms with Gasteiger partial charge in [0.1, 0.15) is 23.7 Å². The second-order valence-electron chi connectivity index (χ2n) is 9.53. The standard InChI is InChI=1S/C23H33F2N3O7S/c1-12(2)9-15(19(30)26-14(11-17(24)25)18(29)21(32)33)27-20(31)16(10-13-7-6-8-36-13)28-22(34)35-23(3,4)5/h6-8,12,14-17H,9-11H2,1-5H3,(H,26,30)(H,27,31)(H,28,34)(H,32,33)/t14?,15-,16-/m0/s1. The summed E-state index contributed by atoms with van der Waals surface area (Å²) in [5.74, 6) is -5.46. The Labute approximate surface area is 212 Å². The van der Waals surface area contributed by atoms with Gasteiger partial charge in [-0.15, -0.1) is 11.3 Å². The number of hydrogen-bond acceptors (Lipinski definition) is 7. The fourth-order valence-electron chi connectivity index (χ4n) is 3.10. The lowest BCUT2D eigenvalue weighted by Gasteiger charge is -2.26. The number of alkyl halides is 2. The van der Waals surface area contributed by atoms with E-state index < -0.39 is 66.2 Å². The molecule has 0 saturated heterocycles. The SMILES string of the molecule is CC(C)C[C@H](NC(=O)[C@H](Cc1cccs1)NC(=O)OC(C)(C)C)C(=O)NC(CC(F)F)C(=O)C(=O)O. The molecule has 36 heavy (non-hydrogen) atoms. The molecule has 0 bridgehead atoms. The van der Waals surface area contributed by atoms with Crippen molar-refractivity contribution in [2.45, 2.75) is 84.0 Å². The fraction of sp³-hybridized carbons (Fsp3) is 0.609. The lowest BCUT2D eigenvalue weighted by molar-refractivity contribution is -0.151. The molecule has 1 rings (SSSR count). The first kappa shape index (κ1) is 30.9. The molecule has 3 amide bonds. The number of rotatable bonds is 13. The van der Waals surface area contributed by atoms with E-state index in [1.165, 1.54) is 11.3 Å². The van der Waals surface area contributed by atoms with Gasteiger partial charge < -0.3 is 25.8 Å². The molecular weight excluding hydrogens is 500 g/mol. The third kappa shape index (κ3) is 11.6. The van der Waals surface area contributed by atoms with Gasteiger partial charge in [-0.25, -0.2) is 18.4 Å². The van der Waals surface area contributed by atoms with Gasteiger partial charge in [0.25, 0.3) is 5.78 Å². The number of ether oxygens (including phenoxy) is 1. The maximum Gasteiger partial charge on any atom is 0.408 e. The maximum absolute atomic E-state index is 13.1. The summed E-state index contributed by atoms with van der Waals surface area (Å²) in [6, 6.07) is -0.876. The molecule has 13 heteroatoms. The molecule has 1 unspecified atom stereocenters. The Kier molecular flexibility index (Phi) is 11.9. The minimum atomic E-state index is -3.05. The minimum Gasteiger partial charge on any atom is -0.475 e. The summed E-state index contributed by atoms with van der Waals surface area (Å²) in [5.41, 5.74) is -0.829. The fourth-order valence-corrected chi connectivity index (χ4v) is 3.85. The Hall–Kier alpha value is -3.09. The number of thiophene rings is 1. The van der Waals surface area contributed by atoms with Crippen molar-refractivity contribution >= 4 is 41.0 Å². The van der Waals surface area contributed by atoms with Crippen molar-refractivity contribution in [3.8, 4) is 0 Å². The number of hydrogen-bond donors (Lipinski definition) is 4. The Balaban J connectivity index is 3.10. The van der Waals surface area contributed by atoms with Gasteiger partial charge in [-0.05, 0) is 44.6 Å². The molecule has 0 fully saturated rings. The van der Waals surface area contributed by atoms with Crippen LogP contribution in [-0.4, -0.2) is 64.9 Å². The molecule has 0 saturated carbocycles. The van der Waals surface area contributed by atoms with Gasteiger partial charge >= 0.3 is 12.1 Å². The van der Waals surface area contributed by atoms with Gasteiger partial charge in [0.2, 0.25) is 18.2 Å². The molecule has 10 nitrogen and oxygen atoms in total. The van der Waals surface area contributed by atoms with E-state index in [-0.39, 0.29) is 18.8 Å². The van der Waals surface area contributed by atoms with Crippen LogP contribution < -0.4 is 16.0 Å². The largest absolute Gasteiger partial charge is 0.475 e. The van der Waals surface area contributed by atoms with Crippen molar-refractivity contribution in [3.05, 3.63) is 22.4 Å². The molecule has 1 aromatic rings. The lowest BCUT2D eigenvalue weighted by atomic mass is 10.0. The number of carboxylic acids is 1. The van der Waals surface area contributed by atoms with E-state index in [4.69, 9.17) is 9.84 Å². The van der Waals surface area contributed by atoms with E-state index in [0.717, 1.165) is 4.88 Å². The molecular formula is C23H33F2N3O7S. The predicted molar refractivity (Wildman–Crippen MR) is 128 cm³/mol. The van der Waals surface area contributed by atoms with Crippen LogP contribution in [0, 0.1) is 5.92 Å². The van der Waals surface area contributed by atoms with Crippen molar-refractivity contribution in [2.75, 3.05) is 0 Å². The smallest absolute Gasteiger partial charge is 0.408 e. The number of ketones is 1. The van der Waals surface area contributed by atoms with Crippen molar-refractivity contribution < 1.29 is 42.6 Å². The number of carbonyl (C=O) groups excluding carboxylic acids is 4. The van der Waals surface area contributed by atoms with Crippen molar-refractivity contribution in [2.24, 2.45) is 5.92 Å². The second kappa shape index (κ2) is 13.9. The van der Waals surface area contributed by atoms with E-state index in [0.29, 0.717) is 0 Å². The third-order valence-corrected chi connectivity index (χ3v) is 5.49. The van der Waals surface area contributed by atoms with Gasteiger partial charge in [0.15, 0.2) is 0 Å². The Bertz CT molecular complexity index is 917. The average molecular weight is 534 g/mol. The molecule has 0 spiro atoms. The van der Waals surface area contributed by atoms with Crippen LogP contribution in [0.5, 0.6) is 0 Å². The van der Waals surface area contributed by atoms with Crippen LogP contribution in [0.2, 0.25) is 0 Å². The molecule has 0 radical (unpaired) electrons. The quantitative estimate of drug-likeness (QED) is 0.285. The predicted octanol–water partition coefficient (Wildman–Crippen LogP) is 2.51. The number of carbonyl (C=O) groups is 5. The summed E-state index contributed by atoms with van der Waals surface area (Å²) in [4.78, 5) is 61.9. The van der Waals surface area contributed by atoms with E-state index in [2.05, 4.69) is 10.6 Å². The zero-order valence-electron chi connectivity index (χ0n) is 20.8. The number of nitrogens with one attached hydrogen (secondary N) is 3. The van der Waals surface area contributed by atoms with Crippen LogP contribution in [0.1, 0.15) is 52.3 Å². The molecule has 0 aromatic carbocycles. The Morgan fingerprint density at radius 2 is 1.56 bits per heavy atom. The van der Waals surface area contributed by atoms with Crippen molar-refractivity contribution in [3.63, 3.8) is 0 Å². The van der Waals surface area contributed by atoms with Crippen LogP contribution in [0.4, 0.5) is 13.6 Å². The summed E-state index contributed by atoms with van der Waals surface area (Å²) in [6.07, 6.45) is -4.96. The van der Waals surface area contributed by atoms with Crippen LogP contribution in [0.25, 0.3) is 0 Å². The highest BCUT2D eigenvalue weighted by Crippen LogP contribution is 2.14. The second-order valence-corrected chi connectivity index (χ2v) is 10.6. The summed E-state index contributed by atoms with van der Waals surface area (Å²) in [6.45, 7) is 8.44. The van der Waals surface area contributed by atoms with Gasteiger partial charge in [-0.2, -0.15) is 0 Å². The van der Waals surface area contributed by atoms with Crippen LogP contribution in [0.3, 0.4) is 0 Å². The summed E-state index contributed by atoms with van der Waals surface area (Å²) < 4.78 is 31.0. The highest BCUT2D eigenvalue weighted by atomic mass is 32.1. The molecule has 0 aliphatic rings. The Morgan fingerprint density at radius 1 is 0.972 bits per heavy atom. The van der Waals surface area contributed by atoms with Gasteiger partial charge in [-0.1, -0.05) is 19.9 Å². The Morgan fingerprint density at radius 3 is 2.03 bits per heavy atom. The molecule has 0 aliphatic carbocycles. The highest BCUT2D eigenvalue weighted by molar-refractivity contribution is 7.09. The van der Waals surface area contributed by atoms with Gasteiger partial charge in [0.05, 0.1) is 0 Å². The monoisotopic (exact) mass is 533 g/mol. The lowest BCUT2D eigenvalue weighted by Crippen LogP contribution is -2.57. The first-order valence-electron chi connectivity index (χ1n) is 11.3. The van der Waals surface area contributed by atoms with Gasteiger partial charge in [0, 0.05) is 17.7 Å². The molecule has 3 atom stereocenters. The number of halogens is 2. The minimum absolute atomic E-state index is 0.0540. The van der Waals surface area contributed by atoms with Crippen LogP contribution >= 0.6 is 11.3 Å². The first-order chi connectivity index (χ1) is 16.6. The molecule has 1 aromatic heterocycles. The number of carboxylic acid groups (broad SMARTS) is 1. The number of alkyl carbamates (subject to hydrolysis) is 1. The van der Waals surface area contributed by atoms with E-state index >= 15 is 0 Å². The molecule has 1 heterocycles. The molecule has 0 aliphatic heterocycles. The zero-order valence-corrected chi connectivity index (χ0v) is 21.6. The highest BCUT2D eigenvalue weighted by Gasteiger charge is 2.34. The average Bonchev–Trinajstić information content (AvgIpc) is 3.22. The summed E-state index contributed by atoms with van der Waals surface area (Å²) in [7, 11) is 0. The number of aliphatic carboxylic acids is 1. The van der Waals surface area contributed by atoms with Crippen molar-refractivity contribution in [1.82, 2.24) is 16.0 Å². The number of amides is 3. The third-order valence-electron chi connectivity index (χ3n) is 4.59. The van der Waals surface area contributed by atoms with Gasteiger partial charge in [-0.3, -0.25) is 14.4 Å². The first-order valence-corrected chi connectivity index (χ1v) is 12.1. The summed E-state index contributed by atoms with van der Waals surface area (Å²) >= 11 is 1.35. The maximum atomic E-state index is 13.1. The van der Waals surface area contributed by atoms with E-state index in [1.807, 2.05) is 5.32 Å². The van der Waals surface area contributed by atoms with Crippen molar-refractivity contribution in [1.29, 1.82) is 0 Å². The summed E-state index contributed by atoms with van der Waals surface area (Å²) in [5, 5.41) is 17.7. The zero-order chi connectivity index (χ0) is 27.6. The molecule has 4 N–H and O–H groups in total. The van der Waals surface area contributed by atoms with E-state index in [9.17, 15) is 32.8 Å². The van der Waals surface area contributed by atoms with Crippen LogP contribution in [0.15, 0.2) is 17.5 Å². The van der Waals surface area contributed by atoms with Crippen LogP contribution in [-0.2, 0) is 30.3 Å². The van der Waals surface area contributed by atoms with E-state index in [1.54, 1.807) is 52.1 Å². The molecule has 202 valence electrons. The number of Topliss-reactive ketones (excluding diaryl/α,β-unsaturated/α-hetero) is 1. The normalized spacial score (nSPS) is 14.0.